The molecule has 0 aliphatic carbocycles. The predicted molar refractivity (Wildman–Crippen MR) is 92.9 cm³/mol. The van der Waals surface area contributed by atoms with Gasteiger partial charge in [-0.05, 0) is 0 Å². The Hall–Kier alpha value is -2.82. The first-order valence-electron chi connectivity index (χ1n) is 8.03. The average Bonchev–Trinajstić information content (AvgIpc) is 3.02. The molecule has 2 heterocycles. The van der Waals surface area contributed by atoms with Gasteiger partial charge in [0.15, 0.2) is 11.6 Å². The number of imidazole rings is 1. The van der Waals surface area contributed by atoms with E-state index < -0.39 is 42.2 Å². The second-order valence-corrected chi connectivity index (χ2v) is 6.38. The molecule has 0 amide bonds. The molecule has 0 fully saturated rings. The molecule has 0 unspecified atom stereocenters. The first-order chi connectivity index (χ1) is 13.5. The van der Waals surface area contributed by atoms with Crippen molar-refractivity contribution in [3.8, 4) is 11.6 Å². The smallest absolute Gasteiger partial charge is 0.361 e. The molecule has 154 valence electrons. The van der Waals surface area contributed by atoms with Crippen molar-refractivity contribution in [3.63, 3.8) is 0 Å². The largest absolute Gasteiger partial charge is 0.405 e. The lowest BCUT2D eigenvalue weighted by atomic mass is 10.0. The van der Waals surface area contributed by atoms with E-state index >= 15 is 0 Å². The Morgan fingerprint density at radius 3 is 2.28 bits per heavy atom. The second kappa shape index (κ2) is 7.90. The summed E-state index contributed by atoms with van der Waals surface area (Å²) >= 11 is 6.11. The van der Waals surface area contributed by atoms with E-state index in [-0.39, 0.29) is 28.2 Å². The maximum absolute atomic E-state index is 14.0. The van der Waals surface area contributed by atoms with Crippen LogP contribution in [0.1, 0.15) is 11.1 Å². The average molecular weight is 436 g/mol. The number of nitrogens with zero attached hydrogens (tertiary/aromatic N) is 4. The molecule has 5 nitrogen and oxygen atoms in total. The highest BCUT2D eigenvalue weighted by Crippen LogP contribution is 2.30. The summed E-state index contributed by atoms with van der Waals surface area (Å²) in [5, 5.41) is 1.74. The van der Waals surface area contributed by atoms with Crippen molar-refractivity contribution in [2.75, 3.05) is 11.9 Å². The van der Waals surface area contributed by atoms with Gasteiger partial charge in [-0.1, -0.05) is 11.6 Å². The van der Waals surface area contributed by atoms with Crippen LogP contribution in [0.3, 0.4) is 0 Å². The summed E-state index contributed by atoms with van der Waals surface area (Å²) in [5.41, 5.74) is -0.769. The van der Waals surface area contributed by atoms with Crippen LogP contribution in [0, 0.1) is 17.5 Å². The van der Waals surface area contributed by atoms with Gasteiger partial charge in [0.1, 0.15) is 35.0 Å². The van der Waals surface area contributed by atoms with Gasteiger partial charge in [-0.3, -0.25) is 0 Å². The van der Waals surface area contributed by atoms with Crippen LogP contribution < -0.4 is 5.32 Å². The van der Waals surface area contributed by atoms with Crippen LogP contribution in [0.5, 0.6) is 0 Å². The molecule has 0 saturated carbocycles. The van der Waals surface area contributed by atoms with Crippen molar-refractivity contribution in [2.45, 2.75) is 12.6 Å². The summed E-state index contributed by atoms with van der Waals surface area (Å²) in [6.07, 6.45) is -2.21. The molecule has 0 radical (unpaired) electrons. The van der Waals surface area contributed by atoms with Crippen LogP contribution in [-0.4, -0.2) is 32.2 Å². The molecule has 0 spiro atoms. The third-order valence-electron chi connectivity index (χ3n) is 3.89. The van der Waals surface area contributed by atoms with Crippen molar-refractivity contribution in [3.05, 3.63) is 58.3 Å². The first-order valence-corrected chi connectivity index (χ1v) is 8.41. The molecule has 29 heavy (non-hydrogen) atoms. The number of benzene rings is 1. The summed E-state index contributed by atoms with van der Waals surface area (Å²) < 4.78 is 80.7. The Morgan fingerprint density at radius 1 is 1.07 bits per heavy atom. The van der Waals surface area contributed by atoms with Crippen LogP contribution in [0.2, 0.25) is 5.15 Å². The lowest BCUT2D eigenvalue weighted by molar-refractivity contribution is -0.115. The van der Waals surface area contributed by atoms with E-state index in [4.69, 9.17) is 11.6 Å². The zero-order chi connectivity index (χ0) is 21.3. The molecule has 0 saturated heterocycles. The van der Waals surface area contributed by atoms with Gasteiger partial charge in [0, 0.05) is 49.1 Å². The van der Waals surface area contributed by atoms with Gasteiger partial charge in [-0.15, -0.1) is 0 Å². The minimum absolute atomic E-state index is 0.0871. The van der Waals surface area contributed by atoms with Crippen LogP contribution >= 0.6 is 11.6 Å². The number of nitrogens with one attached hydrogen (secondary N) is 1. The third-order valence-corrected chi connectivity index (χ3v) is 4.21. The van der Waals surface area contributed by atoms with E-state index in [0.717, 1.165) is 0 Å². The van der Waals surface area contributed by atoms with Crippen LogP contribution in [-0.2, 0) is 13.5 Å². The minimum Gasteiger partial charge on any atom is -0.361 e. The van der Waals surface area contributed by atoms with E-state index in [0.29, 0.717) is 12.1 Å². The minimum atomic E-state index is -4.59. The Labute approximate surface area is 165 Å². The summed E-state index contributed by atoms with van der Waals surface area (Å²) in [7, 11) is 1.61. The molecule has 0 bridgehead atoms. The van der Waals surface area contributed by atoms with Crippen molar-refractivity contribution in [1.29, 1.82) is 0 Å². The fourth-order valence-corrected chi connectivity index (χ4v) is 2.78. The quantitative estimate of drug-likeness (QED) is 0.473. The van der Waals surface area contributed by atoms with Gasteiger partial charge in [-0.25, -0.2) is 28.1 Å². The number of aryl methyl sites for hydroxylation is 1. The molecule has 2 aromatic heterocycles. The molecule has 12 heteroatoms. The molecule has 3 aromatic rings. The topological polar surface area (TPSA) is 55.6 Å². The lowest BCUT2D eigenvalue weighted by Gasteiger charge is -2.16. The van der Waals surface area contributed by atoms with Gasteiger partial charge in [-0.2, -0.15) is 13.2 Å². The van der Waals surface area contributed by atoms with Crippen molar-refractivity contribution in [2.24, 2.45) is 7.05 Å². The summed E-state index contributed by atoms with van der Waals surface area (Å²) in [4.78, 5) is 12.0. The Balaban J connectivity index is 2.09. The van der Waals surface area contributed by atoms with E-state index in [2.05, 4.69) is 20.3 Å². The normalized spacial score (nSPS) is 11.7. The van der Waals surface area contributed by atoms with Crippen molar-refractivity contribution >= 4 is 17.4 Å². The summed E-state index contributed by atoms with van der Waals surface area (Å²) in [6.45, 7) is -1.47. The molecular weight excluding hydrogens is 424 g/mol. The zero-order valence-corrected chi connectivity index (χ0v) is 15.4. The van der Waals surface area contributed by atoms with Crippen LogP contribution in [0.25, 0.3) is 11.6 Å². The molecule has 1 N–H and O–H groups in total. The Bertz CT molecular complexity index is 1030. The van der Waals surface area contributed by atoms with Gasteiger partial charge >= 0.3 is 6.18 Å². The molecular formula is C17H12ClF6N5. The Morgan fingerprint density at radius 2 is 1.72 bits per heavy atom. The number of hydrogen-bond acceptors (Lipinski definition) is 4. The maximum atomic E-state index is 14.0. The van der Waals surface area contributed by atoms with Crippen molar-refractivity contribution < 1.29 is 26.3 Å². The summed E-state index contributed by atoms with van der Waals surface area (Å²) in [5.74, 6) is -3.80. The van der Waals surface area contributed by atoms with Crippen molar-refractivity contribution in [1.82, 2.24) is 19.5 Å². The lowest BCUT2D eigenvalue weighted by Crippen LogP contribution is -2.23. The standard InChI is InChI=1S/C17H12ClF6N5/c1-29-3-2-25-16(29)15-27-13(18)10(14(28-15)26-7-17(22,23)24)6-9-11(20)4-8(19)5-12(9)21/h2-5H,6-7H2,1H3,(H,26,27,28). The van der Waals surface area contributed by atoms with E-state index in [9.17, 15) is 26.3 Å². The fourth-order valence-electron chi connectivity index (χ4n) is 2.54. The molecule has 3 rings (SSSR count). The van der Waals surface area contributed by atoms with Gasteiger partial charge < -0.3 is 9.88 Å². The van der Waals surface area contributed by atoms with Crippen LogP contribution in [0.15, 0.2) is 24.5 Å². The van der Waals surface area contributed by atoms with E-state index in [1.807, 2.05) is 0 Å². The third kappa shape index (κ3) is 4.78. The molecule has 0 atom stereocenters. The SMILES string of the molecule is Cn1ccnc1-c1nc(Cl)c(Cc2c(F)cc(F)cc2F)c(NCC(F)(F)F)n1. The number of halogens is 7. The highest BCUT2D eigenvalue weighted by atomic mass is 35.5. The van der Waals surface area contributed by atoms with E-state index in [1.54, 1.807) is 13.2 Å². The molecule has 0 aliphatic heterocycles. The van der Waals surface area contributed by atoms with Gasteiger partial charge in [0.2, 0.25) is 0 Å². The van der Waals surface area contributed by atoms with E-state index in [1.165, 1.54) is 10.8 Å². The molecule has 0 aliphatic rings. The fraction of sp³-hybridized carbons (Fsp3) is 0.235. The number of anilines is 1. The highest BCUT2D eigenvalue weighted by Gasteiger charge is 2.28. The highest BCUT2D eigenvalue weighted by molar-refractivity contribution is 6.30. The Kier molecular flexibility index (Phi) is 5.69. The van der Waals surface area contributed by atoms with Gasteiger partial charge in [0.05, 0.1) is 0 Å². The number of hydrogen-bond donors (Lipinski definition) is 1. The maximum Gasteiger partial charge on any atom is 0.405 e. The predicted octanol–water partition coefficient (Wildman–Crippen LogP) is 4.51. The first kappa shape index (κ1) is 20.9. The zero-order valence-electron chi connectivity index (χ0n) is 14.7. The monoisotopic (exact) mass is 435 g/mol. The number of rotatable bonds is 5. The van der Waals surface area contributed by atoms with Crippen LogP contribution in [0.4, 0.5) is 32.2 Å². The second-order valence-electron chi connectivity index (χ2n) is 6.02. The number of alkyl halides is 3. The summed E-state index contributed by atoms with van der Waals surface area (Å²) in [6, 6.07) is 0.913. The van der Waals surface area contributed by atoms with Gasteiger partial charge in [0.25, 0.3) is 0 Å². The number of aromatic nitrogens is 4. The molecule has 1 aromatic carbocycles.